The molecule has 3 rings (SSSR count). The largest absolute Gasteiger partial charge is 0.493 e. The predicted molar refractivity (Wildman–Crippen MR) is 109 cm³/mol. The number of imidazole rings is 1. The molecule has 9 nitrogen and oxygen atoms in total. The van der Waals surface area contributed by atoms with E-state index >= 15 is 0 Å². The van der Waals surface area contributed by atoms with Gasteiger partial charge in [0.15, 0.2) is 17.0 Å². The van der Waals surface area contributed by atoms with Crippen LogP contribution in [0.5, 0.6) is 11.8 Å². The Morgan fingerprint density at radius 1 is 1.28 bits per heavy atom. The quantitative estimate of drug-likeness (QED) is 0.485. The van der Waals surface area contributed by atoms with Crippen LogP contribution in [-0.4, -0.2) is 44.3 Å². The third-order valence-corrected chi connectivity index (χ3v) is 4.70. The number of nitrogens with zero attached hydrogens (tertiary/aromatic N) is 4. The van der Waals surface area contributed by atoms with Gasteiger partial charge in [-0.05, 0) is 25.0 Å². The molecule has 3 aromatic rings. The first-order valence-electron chi connectivity index (χ1n) is 8.74. The highest BCUT2D eigenvalue weighted by Gasteiger charge is 2.16. The average molecular weight is 440 g/mol. The van der Waals surface area contributed by atoms with Gasteiger partial charge in [-0.25, -0.2) is 4.98 Å². The lowest BCUT2D eigenvalue weighted by Crippen LogP contribution is -2.07. The van der Waals surface area contributed by atoms with Crippen molar-refractivity contribution in [3.8, 4) is 11.8 Å². The summed E-state index contributed by atoms with van der Waals surface area (Å²) in [5.74, 6) is -0.114. The zero-order valence-corrected chi connectivity index (χ0v) is 17.1. The number of ether oxygens (including phenoxy) is 2. The van der Waals surface area contributed by atoms with E-state index in [-0.39, 0.29) is 18.2 Å². The van der Waals surface area contributed by atoms with E-state index in [1.807, 2.05) is 0 Å². The zero-order valence-electron chi connectivity index (χ0n) is 15.6. The van der Waals surface area contributed by atoms with Crippen molar-refractivity contribution in [3.05, 3.63) is 34.1 Å². The van der Waals surface area contributed by atoms with Crippen LogP contribution in [0.1, 0.15) is 24.8 Å². The van der Waals surface area contributed by atoms with Gasteiger partial charge >= 0.3 is 12.0 Å². The molecule has 0 radical (unpaired) electrons. The fraction of sp³-hybridized carbons (Fsp3) is 0.333. The van der Waals surface area contributed by atoms with Crippen molar-refractivity contribution in [2.24, 2.45) is 0 Å². The first-order valence-corrected chi connectivity index (χ1v) is 9.49. The van der Waals surface area contributed by atoms with E-state index in [4.69, 9.17) is 43.5 Å². The molecule has 0 aliphatic rings. The van der Waals surface area contributed by atoms with E-state index in [9.17, 15) is 4.79 Å². The molecule has 0 aliphatic heterocycles. The van der Waals surface area contributed by atoms with Gasteiger partial charge in [0.2, 0.25) is 0 Å². The SMILES string of the molecule is COc1nc(N)c2ncn(Cc3c(Cl)cc(Cl)cc3OCCCCC(=O)O)c2n1. The number of nitrogen functional groups attached to an aromatic ring is 1. The van der Waals surface area contributed by atoms with Gasteiger partial charge in [0.1, 0.15) is 5.75 Å². The van der Waals surface area contributed by atoms with Gasteiger partial charge in [0.25, 0.3) is 0 Å². The summed E-state index contributed by atoms with van der Waals surface area (Å²) in [5, 5.41) is 9.58. The molecule has 0 spiro atoms. The van der Waals surface area contributed by atoms with Crippen LogP contribution in [0.3, 0.4) is 0 Å². The molecule has 11 heteroatoms. The lowest BCUT2D eigenvalue weighted by Gasteiger charge is -2.14. The second-order valence-electron chi connectivity index (χ2n) is 6.20. The highest BCUT2D eigenvalue weighted by atomic mass is 35.5. The van der Waals surface area contributed by atoms with Crippen LogP contribution in [0.4, 0.5) is 5.82 Å². The number of carboxylic acids is 1. The summed E-state index contributed by atoms with van der Waals surface area (Å²) >= 11 is 12.5. The summed E-state index contributed by atoms with van der Waals surface area (Å²) in [6.07, 6.45) is 2.78. The van der Waals surface area contributed by atoms with Gasteiger partial charge in [-0.3, -0.25) is 4.79 Å². The van der Waals surface area contributed by atoms with E-state index < -0.39 is 5.97 Å². The maximum absolute atomic E-state index is 10.6. The molecule has 2 heterocycles. The van der Waals surface area contributed by atoms with E-state index in [0.29, 0.717) is 58.5 Å². The molecule has 0 amide bonds. The van der Waals surface area contributed by atoms with E-state index in [2.05, 4.69) is 15.0 Å². The number of hydrogen-bond acceptors (Lipinski definition) is 7. The number of carboxylic acid groups (broad SMARTS) is 1. The lowest BCUT2D eigenvalue weighted by atomic mass is 10.2. The highest BCUT2D eigenvalue weighted by Crippen LogP contribution is 2.33. The van der Waals surface area contributed by atoms with Crippen molar-refractivity contribution >= 4 is 46.2 Å². The number of benzene rings is 1. The Balaban J connectivity index is 1.86. The average Bonchev–Trinajstić information content (AvgIpc) is 3.07. The van der Waals surface area contributed by atoms with Crippen LogP contribution in [0.2, 0.25) is 10.0 Å². The second-order valence-corrected chi connectivity index (χ2v) is 7.05. The molecular weight excluding hydrogens is 421 g/mol. The Bertz CT molecular complexity index is 1040. The normalized spacial score (nSPS) is 11.0. The smallest absolute Gasteiger partial charge is 0.320 e. The summed E-state index contributed by atoms with van der Waals surface area (Å²) in [6, 6.07) is 3.43. The molecule has 154 valence electrons. The Labute approximate surface area is 176 Å². The van der Waals surface area contributed by atoms with Crippen LogP contribution < -0.4 is 15.2 Å². The van der Waals surface area contributed by atoms with Crippen molar-refractivity contribution in [1.82, 2.24) is 19.5 Å². The molecule has 0 saturated heterocycles. The number of methoxy groups -OCH3 is 1. The first kappa shape index (κ1) is 20.9. The number of hydrogen-bond donors (Lipinski definition) is 2. The number of anilines is 1. The van der Waals surface area contributed by atoms with Crippen LogP contribution in [0.25, 0.3) is 11.2 Å². The van der Waals surface area contributed by atoms with Crippen molar-refractivity contribution in [2.45, 2.75) is 25.8 Å². The Kier molecular flexibility index (Phi) is 6.60. The number of fused-ring (bicyclic) bond motifs is 1. The van der Waals surface area contributed by atoms with Gasteiger partial charge in [0, 0.05) is 17.0 Å². The summed E-state index contributed by atoms with van der Waals surface area (Å²) in [5.41, 5.74) is 7.55. The van der Waals surface area contributed by atoms with E-state index in [0.717, 1.165) is 0 Å². The van der Waals surface area contributed by atoms with Crippen molar-refractivity contribution in [2.75, 3.05) is 19.5 Å². The van der Waals surface area contributed by atoms with Gasteiger partial charge in [0.05, 0.1) is 31.6 Å². The molecule has 29 heavy (non-hydrogen) atoms. The monoisotopic (exact) mass is 439 g/mol. The summed E-state index contributed by atoms with van der Waals surface area (Å²) in [4.78, 5) is 23.2. The standard InChI is InChI=1S/C18H19Cl2N5O4/c1-28-18-23-16(21)15-17(24-18)25(9-22-15)8-11-12(20)6-10(19)7-13(11)29-5-3-2-4-14(26)27/h6-7,9H,2-5,8H2,1H3,(H,26,27)(H2,21,23,24). The molecule has 0 saturated carbocycles. The third-order valence-electron chi connectivity index (χ3n) is 4.14. The maximum atomic E-state index is 10.6. The van der Waals surface area contributed by atoms with Crippen LogP contribution >= 0.6 is 23.2 Å². The predicted octanol–water partition coefficient (Wildman–Crippen LogP) is 3.41. The van der Waals surface area contributed by atoms with Crippen molar-refractivity contribution < 1.29 is 19.4 Å². The van der Waals surface area contributed by atoms with Crippen molar-refractivity contribution in [3.63, 3.8) is 0 Å². The number of aliphatic carboxylic acids is 1. The third kappa shape index (κ3) is 4.99. The van der Waals surface area contributed by atoms with Gasteiger partial charge in [-0.1, -0.05) is 23.2 Å². The minimum Gasteiger partial charge on any atom is -0.493 e. The molecule has 0 aliphatic carbocycles. The Morgan fingerprint density at radius 3 is 2.79 bits per heavy atom. The molecule has 0 fully saturated rings. The molecular formula is C18H19Cl2N5O4. The van der Waals surface area contributed by atoms with Crippen LogP contribution in [0.15, 0.2) is 18.5 Å². The molecule has 3 N–H and O–H groups in total. The van der Waals surface area contributed by atoms with Crippen LogP contribution in [-0.2, 0) is 11.3 Å². The fourth-order valence-corrected chi connectivity index (χ4v) is 3.28. The molecule has 0 bridgehead atoms. The molecule has 0 unspecified atom stereocenters. The topological polar surface area (TPSA) is 125 Å². The first-order chi connectivity index (χ1) is 13.9. The maximum Gasteiger partial charge on any atom is 0.320 e. The van der Waals surface area contributed by atoms with E-state index in [1.54, 1.807) is 23.0 Å². The number of nitrogens with two attached hydrogens (primary N) is 1. The minimum atomic E-state index is -0.833. The van der Waals surface area contributed by atoms with Crippen LogP contribution in [0, 0.1) is 0 Å². The van der Waals surface area contributed by atoms with Gasteiger partial charge < -0.3 is 24.9 Å². The Morgan fingerprint density at radius 2 is 2.07 bits per heavy atom. The van der Waals surface area contributed by atoms with Gasteiger partial charge in [-0.15, -0.1) is 0 Å². The summed E-state index contributed by atoms with van der Waals surface area (Å²) in [6.45, 7) is 0.640. The molecule has 2 aromatic heterocycles. The lowest BCUT2D eigenvalue weighted by molar-refractivity contribution is -0.137. The second kappa shape index (κ2) is 9.15. The zero-order chi connectivity index (χ0) is 21.0. The molecule has 0 atom stereocenters. The number of aromatic nitrogens is 4. The van der Waals surface area contributed by atoms with Crippen molar-refractivity contribution in [1.29, 1.82) is 0 Å². The summed E-state index contributed by atoms with van der Waals surface area (Å²) in [7, 11) is 1.45. The van der Waals surface area contributed by atoms with E-state index in [1.165, 1.54) is 7.11 Å². The highest BCUT2D eigenvalue weighted by molar-refractivity contribution is 6.35. The number of halogens is 2. The molecule has 1 aromatic carbocycles. The minimum absolute atomic E-state index is 0.0938. The van der Waals surface area contributed by atoms with Gasteiger partial charge in [-0.2, -0.15) is 9.97 Å². The fourth-order valence-electron chi connectivity index (χ4n) is 2.75. The number of rotatable bonds is 9. The summed E-state index contributed by atoms with van der Waals surface area (Å²) < 4.78 is 12.7. The number of carbonyl (C=O) groups is 1. The Hall–Kier alpha value is -2.78. The number of unbranched alkanes of at least 4 members (excludes halogenated alkanes) is 1.